The van der Waals surface area contributed by atoms with Crippen molar-refractivity contribution in [3.05, 3.63) is 95.4 Å². The van der Waals surface area contributed by atoms with Gasteiger partial charge in [0.05, 0.1) is 11.8 Å². The average Bonchev–Trinajstić information content (AvgIpc) is 3.23. The summed E-state index contributed by atoms with van der Waals surface area (Å²) in [4.78, 5) is 12.8. The summed E-state index contributed by atoms with van der Waals surface area (Å²) < 4.78 is 5.39. The maximum Gasteiger partial charge on any atom is 0.252 e. The third-order valence-electron chi connectivity index (χ3n) is 4.73. The molecule has 0 bridgehead atoms. The van der Waals surface area contributed by atoms with Gasteiger partial charge in [0.2, 0.25) is 0 Å². The molecule has 144 valence electrons. The van der Waals surface area contributed by atoms with Crippen molar-refractivity contribution in [2.75, 3.05) is 6.54 Å². The van der Waals surface area contributed by atoms with E-state index >= 15 is 0 Å². The SMILES string of the molecule is CC(C)c1ccc(CCCNC(=O)/C(=C/c2ccco2)c2ccccc2)cc1. The number of furan rings is 1. The Balaban J connectivity index is 1.58. The molecular formula is C25H27NO2. The van der Waals surface area contributed by atoms with Gasteiger partial charge in [0.15, 0.2) is 0 Å². The minimum absolute atomic E-state index is 0.0854. The van der Waals surface area contributed by atoms with E-state index in [2.05, 4.69) is 43.4 Å². The van der Waals surface area contributed by atoms with Crippen molar-refractivity contribution >= 4 is 17.6 Å². The van der Waals surface area contributed by atoms with Crippen LogP contribution < -0.4 is 5.32 Å². The minimum atomic E-state index is -0.0854. The van der Waals surface area contributed by atoms with Crippen LogP contribution in [0.25, 0.3) is 11.6 Å². The Labute approximate surface area is 167 Å². The molecule has 28 heavy (non-hydrogen) atoms. The van der Waals surface area contributed by atoms with Crippen LogP contribution in [0.3, 0.4) is 0 Å². The molecule has 0 spiro atoms. The van der Waals surface area contributed by atoms with Crippen LogP contribution in [0.4, 0.5) is 0 Å². The minimum Gasteiger partial charge on any atom is -0.465 e. The molecule has 0 saturated heterocycles. The number of carbonyl (C=O) groups excluding carboxylic acids is 1. The Hall–Kier alpha value is -3.07. The fourth-order valence-corrected chi connectivity index (χ4v) is 3.07. The van der Waals surface area contributed by atoms with Crippen LogP contribution >= 0.6 is 0 Å². The Bertz CT molecular complexity index is 891. The number of hydrogen-bond donors (Lipinski definition) is 1. The predicted molar refractivity (Wildman–Crippen MR) is 115 cm³/mol. The fraction of sp³-hybridized carbons (Fsp3) is 0.240. The highest BCUT2D eigenvalue weighted by Crippen LogP contribution is 2.19. The van der Waals surface area contributed by atoms with Gasteiger partial charge < -0.3 is 9.73 Å². The molecule has 2 aromatic carbocycles. The number of carbonyl (C=O) groups is 1. The summed E-state index contributed by atoms with van der Waals surface area (Å²) in [6, 6.07) is 22.1. The molecule has 0 aliphatic carbocycles. The maximum absolute atomic E-state index is 12.8. The Morgan fingerprint density at radius 1 is 1.00 bits per heavy atom. The largest absolute Gasteiger partial charge is 0.465 e. The second-order valence-electron chi connectivity index (χ2n) is 7.20. The zero-order valence-corrected chi connectivity index (χ0v) is 16.5. The van der Waals surface area contributed by atoms with Crippen LogP contribution in [0, 0.1) is 0 Å². The van der Waals surface area contributed by atoms with Gasteiger partial charge in [-0.05, 0) is 53.7 Å². The predicted octanol–water partition coefficient (Wildman–Crippen LogP) is 5.69. The fourth-order valence-electron chi connectivity index (χ4n) is 3.07. The maximum atomic E-state index is 12.8. The smallest absolute Gasteiger partial charge is 0.252 e. The van der Waals surface area contributed by atoms with E-state index in [1.165, 1.54) is 11.1 Å². The summed E-state index contributed by atoms with van der Waals surface area (Å²) in [5.74, 6) is 1.13. The second-order valence-corrected chi connectivity index (χ2v) is 7.20. The second kappa shape index (κ2) is 9.75. The highest BCUT2D eigenvalue weighted by Gasteiger charge is 2.12. The molecular weight excluding hydrogens is 346 g/mol. The zero-order chi connectivity index (χ0) is 19.8. The summed E-state index contributed by atoms with van der Waals surface area (Å²) in [5.41, 5.74) is 4.14. The lowest BCUT2D eigenvalue weighted by Crippen LogP contribution is -2.25. The number of nitrogens with one attached hydrogen (secondary N) is 1. The molecule has 1 aromatic heterocycles. The molecule has 0 fully saturated rings. The number of aryl methyl sites for hydroxylation is 1. The van der Waals surface area contributed by atoms with Crippen molar-refractivity contribution in [1.29, 1.82) is 0 Å². The molecule has 3 heteroatoms. The van der Waals surface area contributed by atoms with Crippen LogP contribution in [0.1, 0.15) is 48.6 Å². The van der Waals surface area contributed by atoms with Gasteiger partial charge in [-0.2, -0.15) is 0 Å². The van der Waals surface area contributed by atoms with E-state index in [1.54, 1.807) is 12.3 Å². The number of benzene rings is 2. The van der Waals surface area contributed by atoms with Gasteiger partial charge in [-0.15, -0.1) is 0 Å². The van der Waals surface area contributed by atoms with Gasteiger partial charge in [0, 0.05) is 6.54 Å². The van der Waals surface area contributed by atoms with Gasteiger partial charge in [-0.25, -0.2) is 0 Å². The van der Waals surface area contributed by atoms with E-state index in [0.717, 1.165) is 18.4 Å². The van der Waals surface area contributed by atoms with Crippen LogP contribution in [0.15, 0.2) is 77.4 Å². The van der Waals surface area contributed by atoms with Crippen LogP contribution in [0.5, 0.6) is 0 Å². The summed E-state index contributed by atoms with van der Waals surface area (Å²) in [5, 5.41) is 3.04. The number of hydrogen-bond acceptors (Lipinski definition) is 2. The van der Waals surface area contributed by atoms with Gasteiger partial charge in [-0.1, -0.05) is 68.4 Å². The highest BCUT2D eigenvalue weighted by atomic mass is 16.3. The molecule has 1 heterocycles. The summed E-state index contributed by atoms with van der Waals surface area (Å²) in [7, 11) is 0. The van der Waals surface area contributed by atoms with Crippen molar-refractivity contribution in [2.24, 2.45) is 0 Å². The van der Waals surface area contributed by atoms with Crippen molar-refractivity contribution < 1.29 is 9.21 Å². The molecule has 0 aliphatic rings. The average molecular weight is 373 g/mol. The van der Waals surface area contributed by atoms with E-state index in [0.29, 0.717) is 23.8 Å². The van der Waals surface area contributed by atoms with E-state index < -0.39 is 0 Å². The molecule has 0 radical (unpaired) electrons. The van der Waals surface area contributed by atoms with Crippen molar-refractivity contribution in [1.82, 2.24) is 5.32 Å². The Morgan fingerprint density at radius 3 is 2.39 bits per heavy atom. The Kier molecular flexibility index (Phi) is 6.85. The normalized spacial score (nSPS) is 11.6. The Morgan fingerprint density at radius 2 is 1.75 bits per heavy atom. The first-order valence-electron chi connectivity index (χ1n) is 9.81. The van der Waals surface area contributed by atoms with Crippen molar-refractivity contribution in [3.63, 3.8) is 0 Å². The number of amides is 1. The molecule has 3 nitrogen and oxygen atoms in total. The lowest BCUT2D eigenvalue weighted by Gasteiger charge is -2.10. The van der Waals surface area contributed by atoms with Crippen molar-refractivity contribution in [2.45, 2.75) is 32.6 Å². The highest BCUT2D eigenvalue weighted by molar-refractivity contribution is 6.24. The van der Waals surface area contributed by atoms with Gasteiger partial charge in [0.1, 0.15) is 5.76 Å². The van der Waals surface area contributed by atoms with Crippen LogP contribution in [-0.4, -0.2) is 12.5 Å². The topological polar surface area (TPSA) is 42.2 Å². The van der Waals surface area contributed by atoms with E-state index in [9.17, 15) is 4.79 Å². The molecule has 3 rings (SSSR count). The first-order valence-corrected chi connectivity index (χ1v) is 9.81. The summed E-state index contributed by atoms with van der Waals surface area (Å²) in [6.45, 7) is 5.03. The molecule has 1 N–H and O–H groups in total. The molecule has 0 aliphatic heterocycles. The van der Waals surface area contributed by atoms with Gasteiger partial charge in [0.25, 0.3) is 5.91 Å². The van der Waals surface area contributed by atoms with E-state index in [4.69, 9.17) is 4.42 Å². The summed E-state index contributed by atoms with van der Waals surface area (Å²) >= 11 is 0. The van der Waals surface area contributed by atoms with E-state index in [-0.39, 0.29) is 5.91 Å². The van der Waals surface area contributed by atoms with Crippen molar-refractivity contribution in [3.8, 4) is 0 Å². The molecule has 1 amide bonds. The molecule has 0 unspecified atom stereocenters. The lowest BCUT2D eigenvalue weighted by atomic mass is 10.0. The summed E-state index contributed by atoms with van der Waals surface area (Å²) in [6.07, 6.45) is 5.24. The lowest BCUT2D eigenvalue weighted by molar-refractivity contribution is -0.115. The monoisotopic (exact) mass is 373 g/mol. The standard InChI is InChI=1S/C25H27NO2/c1-19(2)21-14-12-20(13-15-21)8-6-16-26-25(27)24(18-23-11-7-17-28-23)22-9-4-3-5-10-22/h3-5,7,9-15,17-19H,6,8,16H2,1-2H3,(H,26,27)/b24-18+. The molecule has 0 saturated carbocycles. The van der Waals surface area contributed by atoms with Gasteiger partial charge in [-0.3, -0.25) is 4.79 Å². The molecule has 0 atom stereocenters. The van der Waals surface area contributed by atoms with Gasteiger partial charge >= 0.3 is 0 Å². The van der Waals surface area contributed by atoms with E-state index in [1.807, 2.05) is 42.5 Å². The zero-order valence-electron chi connectivity index (χ0n) is 16.5. The first-order chi connectivity index (χ1) is 13.6. The quantitative estimate of drug-likeness (QED) is 0.407. The van der Waals surface area contributed by atoms with Crippen LogP contribution in [0.2, 0.25) is 0 Å². The first kappa shape index (κ1) is 19.7. The van der Waals surface area contributed by atoms with Crippen LogP contribution in [-0.2, 0) is 11.2 Å². The third-order valence-corrected chi connectivity index (χ3v) is 4.73. The third kappa shape index (κ3) is 5.46. The molecule has 3 aromatic rings. The number of rotatable bonds is 8.